The van der Waals surface area contributed by atoms with Crippen molar-refractivity contribution in [3.8, 4) is 17.2 Å². The minimum Gasteiger partial charge on any atom is -0.494 e. The van der Waals surface area contributed by atoms with Crippen molar-refractivity contribution in [3.05, 3.63) is 35.8 Å². The molecule has 1 saturated carbocycles. The average molecular weight is 540 g/mol. The van der Waals surface area contributed by atoms with Crippen molar-refractivity contribution in [2.24, 2.45) is 5.92 Å². The molecule has 2 atom stereocenters. The SMILES string of the molecule is [2H]C([2H])([2H])NC(=O)c1nnc(NC(=O)C2CC2)cc1Nc1cccc(-c2nc(CN3C[C@@H](C)O[C@@H](C)C3)no2)c1OC. The molecule has 3 aromatic rings. The summed E-state index contributed by atoms with van der Waals surface area (Å²) in [5.41, 5.74) is 0.677. The molecule has 0 radical (unpaired) electrons. The molecule has 13 heteroatoms. The number of rotatable bonds is 9. The molecule has 39 heavy (non-hydrogen) atoms. The zero-order valence-corrected chi connectivity index (χ0v) is 21.9. The van der Waals surface area contributed by atoms with Crippen LogP contribution in [0, 0.1) is 5.92 Å². The molecular weight excluding hydrogens is 504 g/mol. The van der Waals surface area contributed by atoms with E-state index in [4.69, 9.17) is 18.1 Å². The van der Waals surface area contributed by atoms with Crippen LogP contribution in [0.4, 0.5) is 17.2 Å². The highest BCUT2D eigenvalue weighted by molar-refractivity contribution is 6.00. The summed E-state index contributed by atoms with van der Waals surface area (Å²) in [5.74, 6) is -0.119. The molecule has 13 nitrogen and oxygen atoms in total. The van der Waals surface area contributed by atoms with Crippen LogP contribution in [0.25, 0.3) is 11.5 Å². The lowest BCUT2D eigenvalue weighted by molar-refractivity contribution is -0.117. The topological polar surface area (TPSA) is 157 Å². The number of aromatic nitrogens is 4. The fourth-order valence-corrected chi connectivity index (χ4v) is 4.56. The van der Waals surface area contributed by atoms with E-state index in [-0.39, 0.29) is 47.1 Å². The molecule has 2 amide bonds. The monoisotopic (exact) mass is 539 g/mol. The van der Waals surface area contributed by atoms with Crippen LogP contribution in [0.2, 0.25) is 0 Å². The highest BCUT2D eigenvalue weighted by Crippen LogP contribution is 2.38. The Morgan fingerprint density at radius 1 is 1.18 bits per heavy atom. The summed E-state index contributed by atoms with van der Waals surface area (Å²) >= 11 is 0. The van der Waals surface area contributed by atoms with Gasteiger partial charge in [0.05, 0.1) is 42.8 Å². The normalized spacial score (nSPS) is 20.8. The zero-order chi connectivity index (χ0) is 30.0. The first kappa shape index (κ1) is 22.8. The number of para-hydroxylation sites is 1. The third-order valence-electron chi connectivity index (χ3n) is 6.37. The van der Waals surface area contributed by atoms with Crippen molar-refractivity contribution < 1.29 is 27.7 Å². The molecule has 0 spiro atoms. The largest absolute Gasteiger partial charge is 0.494 e. The molecule has 206 valence electrons. The molecular formula is C26H32N8O5. The third kappa shape index (κ3) is 6.15. The lowest BCUT2D eigenvalue weighted by Gasteiger charge is -2.34. The quantitative estimate of drug-likeness (QED) is 0.367. The maximum Gasteiger partial charge on any atom is 0.273 e. The second-order valence-electron chi connectivity index (χ2n) is 9.69. The number of amides is 2. The number of benzene rings is 1. The minimum absolute atomic E-state index is 0.0899. The van der Waals surface area contributed by atoms with E-state index in [0.717, 1.165) is 25.9 Å². The summed E-state index contributed by atoms with van der Waals surface area (Å²) in [4.78, 5) is 31.9. The number of nitrogens with zero attached hydrogens (tertiary/aromatic N) is 5. The molecule has 1 aromatic carbocycles. The van der Waals surface area contributed by atoms with Crippen molar-refractivity contribution in [1.29, 1.82) is 0 Å². The average Bonchev–Trinajstić information content (AvgIpc) is 3.66. The smallest absolute Gasteiger partial charge is 0.273 e. The molecule has 3 heterocycles. The highest BCUT2D eigenvalue weighted by Gasteiger charge is 2.30. The first-order chi connectivity index (χ1) is 20.0. The van der Waals surface area contributed by atoms with Crippen molar-refractivity contribution in [1.82, 2.24) is 30.6 Å². The van der Waals surface area contributed by atoms with Gasteiger partial charge in [0.2, 0.25) is 5.91 Å². The summed E-state index contributed by atoms with van der Waals surface area (Å²) in [7, 11) is 1.46. The van der Waals surface area contributed by atoms with Gasteiger partial charge in [0.15, 0.2) is 23.1 Å². The number of hydrogen-bond acceptors (Lipinski definition) is 11. The van der Waals surface area contributed by atoms with Gasteiger partial charge in [-0.2, -0.15) is 4.98 Å². The van der Waals surface area contributed by atoms with E-state index in [1.54, 1.807) is 18.2 Å². The fraction of sp³-hybridized carbons (Fsp3) is 0.462. The van der Waals surface area contributed by atoms with Gasteiger partial charge in [0.1, 0.15) is 0 Å². The molecule has 1 saturated heterocycles. The van der Waals surface area contributed by atoms with E-state index in [1.807, 2.05) is 19.2 Å². The maximum atomic E-state index is 12.8. The fourth-order valence-electron chi connectivity index (χ4n) is 4.56. The number of ether oxygens (including phenoxy) is 2. The molecule has 2 aliphatic rings. The van der Waals surface area contributed by atoms with Crippen LogP contribution in [0.1, 0.15) is 47.1 Å². The Hall–Kier alpha value is -4.10. The van der Waals surface area contributed by atoms with Crippen LogP contribution in [0.3, 0.4) is 0 Å². The number of carbonyl (C=O) groups excluding carboxylic acids is 2. The van der Waals surface area contributed by atoms with Gasteiger partial charge in [-0.15, -0.1) is 10.2 Å². The predicted molar refractivity (Wildman–Crippen MR) is 142 cm³/mol. The van der Waals surface area contributed by atoms with Gasteiger partial charge in [-0.05, 0) is 38.8 Å². The van der Waals surface area contributed by atoms with E-state index >= 15 is 0 Å². The molecule has 0 bridgehead atoms. The Morgan fingerprint density at radius 3 is 2.69 bits per heavy atom. The van der Waals surface area contributed by atoms with Crippen LogP contribution < -0.4 is 20.7 Å². The van der Waals surface area contributed by atoms with Gasteiger partial charge < -0.3 is 29.9 Å². The number of hydrogen-bond donors (Lipinski definition) is 3. The maximum absolute atomic E-state index is 12.8. The Morgan fingerprint density at radius 2 is 1.97 bits per heavy atom. The Bertz CT molecular complexity index is 1450. The predicted octanol–water partition coefficient (Wildman–Crippen LogP) is 2.60. The summed E-state index contributed by atoms with van der Waals surface area (Å²) in [6.07, 6.45) is 1.77. The van der Waals surface area contributed by atoms with Crippen molar-refractivity contribution in [2.75, 3.05) is 37.8 Å². The Balaban J connectivity index is 1.42. The first-order valence-electron chi connectivity index (χ1n) is 14.1. The van der Waals surface area contributed by atoms with E-state index < -0.39 is 12.9 Å². The second-order valence-corrected chi connectivity index (χ2v) is 9.69. The minimum atomic E-state index is -2.75. The lowest BCUT2D eigenvalue weighted by Crippen LogP contribution is -2.44. The lowest BCUT2D eigenvalue weighted by atomic mass is 10.1. The summed E-state index contributed by atoms with van der Waals surface area (Å²) in [6.45, 7) is 3.28. The van der Waals surface area contributed by atoms with Crippen molar-refractivity contribution in [3.63, 3.8) is 0 Å². The molecule has 5 rings (SSSR count). The molecule has 1 aliphatic heterocycles. The molecule has 2 fully saturated rings. The van der Waals surface area contributed by atoms with Crippen molar-refractivity contribution in [2.45, 2.75) is 45.4 Å². The van der Waals surface area contributed by atoms with Crippen LogP contribution >= 0.6 is 0 Å². The van der Waals surface area contributed by atoms with E-state index in [9.17, 15) is 9.59 Å². The highest BCUT2D eigenvalue weighted by atomic mass is 16.5. The molecule has 2 aromatic heterocycles. The van der Waals surface area contributed by atoms with Gasteiger partial charge in [-0.1, -0.05) is 11.2 Å². The number of anilines is 3. The van der Waals surface area contributed by atoms with Crippen LogP contribution in [0.15, 0.2) is 28.8 Å². The van der Waals surface area contributed by atoms with Crippen LogP contribution in [-0.4, -0.2) is 76.4 Å². The van der Waals surface area contributed by atoms with E-state index in [0.29, 0.717) is 29.4 Å². The Kier molecular flexibility index (Phi) is 6.64. The van der Waals surface area contributed by atoms with Crippen molar-refractivity contribution >= 4 is 29.0 Å². The molecule has 3 N–H and O–H groups in total. The molecule has 1 aliphatic carbocycles. The van der Waals surface area contributed by atoms with Gasteiger partial charge >= 0.3 is 0 Å². The second kappa shape index (κ2) is 11.3. The zero-order valence-electron chi connectivity index (χ0n) is 24.9. The number of morpholine rings is 1. The van der Waals surface area contributed by atoms with Crippen LogP contribution in [-0.2, 0) is 16.1 Å². The number of carbonyl (C=O) groups is 2. The van der Waals surface area contributed by atoms with E-state index in [1.165, 1.54) is 13.2 Å². The van der Waals surface area contributed by atoms with Gasteiger partial charge in [-0.3, -0.25) is 14.5 Å². The van der Waals surface area contributed by atoms with Gasteiger partial charge in [0, 0.05) is 36.2 Å². The standard InChI is InChI=1S/C26H32N8O5/c1-14-11-34(12-15(2)38-14)13-21-30-26(39-33-21)17-6-5-7-18(23(17)37-4)28-19-10-20(29-24(35)16-8-9-16)31-32-22(19)25(36)27-3/h5-7,10,14-16H,8-9,11-13H2,1-4H3,(H,27,36)(H2,28,29,31,35)/t14-,15+/i3D3. The third-order valence-corrected chi connectivity index (χ3v) is 6.37. The number of methoxy groups -OCH3 is 1. The summed E-state index contributed by atoms with van der Waals surface area (Å²) < 4.78 is 39.3. The summed E-state index contributed by atoms with van der Waals surface area (Å²) in [6, 6.07) is 6.56. The Labute approximate surface area is 229 Å². The van der Waals surface area contributed by atoms with E-state index in [2.05, 4.69) is 35.9 Å². The van der Waals surface area contributed by atoms with Gasteiger partial charge in [-0.25, -0.2) is 0 Å². The number of nitrogens with one attached hydrogen (secondary N) is 3. The summed E-state index contributed by atoms with van der Waals surface area (Å²) in [5, 5.41) is 19.6. The van der Waals surface area contributed by atoms with Gasteiger partial charge in [0.25, 0.3) is 11.8 Å². The first-order valence-corrected chi connectivity index (χ1v) is 12.6. The van der Waals surface area contributed by atoms with Crippen LogP contribution in [0.5, 0.6) is 5.75 Å². The molecule has 0 unspecified atom stereocenters.